The summed E-state index contributed by atoms with van der Waals surface area (Å²) < 4.78 is 10.1. The first-order chi connectivity index (χ1) is 9.66. The second-order valence-corrected chi connectivity index (χ2v) is 4.59. The molecule has 1 aromatic heterocycles. The van der Waals surface area contributed by atoms with Gasteiger partial charge in [0.1, 0.15) is 12.3 Å². The van der Waals surface area contributed by atoms with Crippen LogP contribution >= 0.6 is 0 Å². The molecule has 20 heavy (non-hydrogen) atoms. The summed E-state index contributed by atoms with van der Waals surface area (Å²) in [5.74, 6) is -0.814. The number of carbonyl (C=O) groups excluding carboxylic acids is 2. The Morgan fingerprint density at radius 1 is 1.45 bits per heavy atom. The van der Waals surface area contributed by atoms with Crippen LogP contribution in [0.15, 0.2) is 23.0 Å². The van der Waals surface area contributed by atoms with Gasteiger partial charge in [0.25, 0.3) is 11.8 Å². The molecule has 1 fully saturated rings. The fourth-order valence-corrected chi connectivity index (χ4v) is 1.76. The summed E-state index contributed by atoms with van der Waals surface area (Å²) in [4.78, 5) is 28.6. The number of hydrogen-bond donors (Lipinski definition) is 2. The molecule has 0 radical (unpaired) electrons. The Labute approximate surface area is 116 Å². The first-order valence-corrected chi connectivity index (χ1v) is 6.57. The minimum atomic E-state index is -0.721. The van der Waals surface area contributed by atoms with Crippen molar-refractivity contribution < 1.29 is 23.6 Å². The summed E-state index contributed by atoms with van der Waals surface area (Å²) in [6, 6.07) is 0.799. The number of ether oxygens (including phenoxy) is 1. The van der Waals surface area contributed by atoms with Crippen molar-refractivity contribution in [2.75, 3.05) is 6.61 Å². The molecule has 0 bridgehead atoms. The molecule has 0 aromatic carbocycles. The van der Waals surface area contributed by atoms with Gasteiger partial charge in [0, 0.05) is 13.0 Å². The Balaban J connectivity index is 1.72. The van der Waals surface area contributed by atoms with E-state index >= 15 is 0 Å². The van der Waals surface area contributed by atoms with E-state index < -0.39 is 18.2 Å². The number of hydrogen-bond acceptors (Lipinski definition) is 5. The zero-order valence-electron chi connectivity index (χ0n) is 11.3. The molecular weight excluding hydrogens is 264 g/mol. The molecule has 0 unspecified atom stereocenters. The van der Waals surface area contributed by atoms with Gasteiger partial charge in [-0.15, -0.1) is 0 Å². The van der Waals surface area contributed by atoms with Crippen molar-refractivity contribution in [1.82, 2.24) is 10.8 Å². The van der Waals surface area contributed by atoms with Crippen molar-refractivity contribution in [3.8, 4) is 0 Å². The van der Waals surface area contributed by atoms with E-state index in [1.54, 1.807) is 6.92 Å². The summed E-state index contributed by atoms with van der Waals surface area (Å²) in [6.45, 7) is 2.20. The minimum absolute atomic E-state index is 0.362. The molecule has 7 nitrogen and oxygen atoms in total. The van der Waals surface area contributed by atoms with E-state index in [4.69, 9.17) is 14.0 Å². The molecule has 7 heteroatoms. The van der Waals surface area contributed by atoms with Crippen molar-refractivity contribution in [2.45, 2.75) is 38.5 Å². The third kappa shape index (κ3) is 4.07. The lowest BCUT2D eigenvalue weighted by Gasteiger charge is -2.23. The predicted octanol–water partition coefficient (Wildman–Crippen LogP) is 0.972. The lowest BCUT2D eigenvalue weighted by molar-refractivity contribution is -0.201. The summed E-state index contributed by atoms with van der Waals surface area (Å²) in [7, 11) is 0. The van der Waals surface area contributed by atoms with Crippen molar-refractivity contribution in [3.63, 3.8) is 0 Å². The summed E-state index contributed by atoms with van der Waals surface area (Å²) >= 11 is 0. The fourth-order valence-electron chi connectivity index (χ4n) is 1.76. The molecule has 110 valence electrons. The van der Waals surface area contributed by atoms with Gasteiger partial charge in [0.2, 0.25) is 0 Å². The van der Waals surface area contributed by atoms with Crippen LogP contribution in [0.1, 0.15) is 36.5 Å². The van der Waals surface area contributed by atoms with Crippen molar-refractivity contribution >= 4 is 11.8 Å². The second kappa shape index (κ2) is 7.06. The van der Waals surface area contributed by atoms with E-state index in [2.05, 4.69) is 10.8 Å². The summed E-state index contributed by atoms with van der Waals surface area (Å²) in [5, 5.41) is 2.54. The molecule has 1 saturated heterocycles. The summed E-state index contributed by atoms with van der Waals surface area (Å²) in [5.41, 5.74) is 2.66. The van der Waals surface area contributed by atoms with Gasteiger partial charge in [-0.25, -0.2) is 10.3 Å². The van der Waals surface area contributed by atoms with Crippen LogP contribution in [0.25, 0.3) is 0 Å². The van der Waals surface area contributed by atoms with Crippen molar-refractivity contribution in [2.24, 2.45) is 0 Å². The molecule has 0 spiro atoms. The second-order valence-electron chi connectivity index (χ2n) is 4.59. The van der Waals surface area contributed by atoms with Crippen LogP contribution in [-0.4, -0.2) is 30.8 Å². The fraction of sp³-hybridized carbons (Fsp3) is 0.538. The molecule has 2 atom stereocenters. The Bertz CT molecular complexity index is 440. The highest BCUT2D eigenvalue weighted by molar-refractivity contribution is 5.96. The van der Waals surface area contributed by atoms with Crippen LogP contribution in [0.2, 0.25) is 0 Å². The predicted molar refractivity (Wildman–Crippen MR) is 68.5 cm³/mol. The Morgan fingerprint density at radius 3 is 2.95 bits per heavy atom. The highest BCUT2D eigenvalue weighted by Gasteiger charge is 2.20. The highest BCUT2D eigenvalue weighted by atomic mass is 16.8. The maximum atomic E-state index is 11.8. The van der Waals surface area contributed by atoms with Crippen LogP contribution in [0.5, 0.6) is 0 Å². The van der Waals surface area contributed by atoms with Gasteiger partial charge in [-0.05, 0) is 25.8 Å². The monoisotopic (exact) mass is 282 g/mol. The first kappa shape index (κ1) is 14.5. The third-order valence-corrected chi connectivity index (χ3v) is 2.95. The molecular formula is C13H18N2O5. The first-order valence-electron chi connectivity index (χ1n) is 6.57. The Kier molecular flexibility index (Phi) is 5.14. The summed E-state index contributed by atoms with van der Waals surface area (Å²) in [6.07, 6.45) is 5.05. The zero-order chi connectivity index (χ0) is 14.4. The Hall–Kier alpha value is -1.86. The van der Waals surface area contributed by atoms with E-state index in [0.29, 0.717) is 12.2 Å². The standard InChI is InChI=1S/C13H18N2O5/c1-9(14-13(17)10-5-7-18-8-10)12(16)15-20-11-4-2-3-6-19-11/h5,7-9,11H,2-4,6H2,1H3,(H,14,17)(H,15,16)/t9-,11-/m1/s1. The molecule has 0 saturated carbocycles. The average molecular weight is 282 g/mol. The zero-order valence-corrected chi connectivity index (χ0v) is 11.3. The smallest absolute Gasteiger partial charge is 0.265 e. The largest absolute Gasteiger partial charge is 0.472 e. The van der Waals surface area contributed by atoms with Gasteiger partial charge in [0.15, 0.2) is 6.29 Å². The maximum Gasteiger partial charge on any atom is 0.265 e. The lowest BCUT2D eigenvalue weighted by Crippen LogP contribution is -2.46. The number of carbonyl (C=O) groups is 2. The quantitative estimate of drug-likeness (QED) is 0.785. The van der Waals surface area contributed by atoms with Crippen LogP contribution in [0.3, 0.4) is 0 Å². The lowest BCUT2D eigenvalue weighted by atomic mass is 10.2. The average Bonchev–Trinajstić information content (AvgIpc) is 3.00. The number of nitrogens with one attached hydrogen (secondary N) is 2. The van der Waals surface area contributed by atoms with Gasteiger partial charge >= 0.3 is 0 Å². The number of amides is 2. The van der Waals surface area contributed by atoms with Crippen LogP contribution in [0, 0.1) is 0 Å². The molecule has 1 aromatic rings. The van der Waals surface area contributed by atoms with E-state index in [9.17, 15) is 9.59 Å². The van der Waals surface area contributed by atoms with E-state index in [1.807, 2.05) is 0 Å². The van der Waals surface area contributed by atoms with Gasteiger partial charge in [-0.1, -0.05) is 0 Å². The van der Waals surface area contributed by atoms with Gasteiger partial charge in [-0.2, -0.15) is 0 Å². The molecule has 2 rings (SSSR count). The van der Waals surface area contributed by atoms with Gasteiger partial charge in [0.05, 0.1) is 11.8 Å². The molecule has 2 heterocycles. The van der Waals surface area contributed by atoms with E-state index in [-0.39, 0.29) is 5.91 Å². The van der Waals surface area contributed by atoms with Crippen LogP contribution in [0.4, 0.5) is 0 Å². The van der Waals surface area contributed by atoms with Crippen LogP contribution < -0.4 is 10.8 Å². The van der Waals surface area contributed by atoms with Crippen LogP contribution in [-0.2, 0) is 14.4 Å². The SMILES string of the molecule is C[C@@H](NC(=O)c1ccoc1)C(=O)NO[C@@H]1CCCCO1. The minimum Gasteiger partial charge on any atom is -0.472 e. The van der Waals surface area contributed by atoms with E-state index in [0.717, 1.165) is 19.3 Å². The highest BCUT2D eigenvalue weighted by Crippen LogP contribution is 2.12. The number of hydroxylamine groups is 1. The molecule has 2 N–H and O–H groups in total. The van der Waals surface area contributed by atoms with Gasteiger partial charge < -0.3 is 14.5 Å². The molecule has 1 aliphatic heterocycles. The molecule has 0 aliphatic carbocycles. The molecule has 1 aliphatic rings. The third-order valence-electron chi connectivity index (χ3n) is 2.95. The Morgan fingerprint density at radius 2 is 2.30 bits per heavy atom. The number of furan rings is 1. The number of rotatable bonds is 5. The van der Waals surface area contributed by atoms with Crippen molar-refractivity contribution in [3.05, 3.63) is 24.2 Å². The van der Waals surface area contributed by atoms with E-state index in [1.165, 1.54) is 18.6 Å². The topological polar surface area (TPSA) is 89.8 Å². The normalized spacial score (nSPS) is 20.1. The van der Waals surface area contributed by atoms with Gasteiger partial charge in [-0.3, -0.25) is 9.59 Å². The molecule has 2 amide bonds. The maximum absolute atomic E-state index is 11.8. The van der Waals surface area contributed by atoms with Crippen molar-refractivity contribution in [1.29, 1.82) is 0 Å².